The molecular weight excluding hydrogens is 181 g/mol. The molecule has 0 heterocycles. The first-order chi connectivity index (χ1) is 5.68. The largest absolute Gasteiger partial charge is 0.431 e. The summed E-state index contributed by atoms with van der Waals surface area (Å²) in [6.07, 6.45) is 0. The zero-order valence-electron chi connectivity index (χ0n) is 7.48. The highest BCUT2D eigenvalue weighted by Gasteiger charge is 2.21. The Labute approximate surface area is 72.4 Å². The van der Waals surface area contributed by atoms with E-state index < -0.39 is 7.60 Å². The lowest BCUT2D eigenvalue weighted by Crippen LogP contribution is -1.92. The van der Waals surface area contributed by atoms with Crippen molar-refractivity contribution < 1.29 is 18.7 Å². The van der Waals surface area contributed by atoms with Gasteiger partial charge in [0.25, 0.3) is 0 Å². The van der Waals surface area contributed by atoms with Crippen molar-refractivity contribution in [3.63, 3.8) is 0 Å². The zero-order valence-corrected chi connectivity index (χ0v) is 8.38. The van der Waals surface area contributed by atoms with Crippen LogP contribution in [0, 0.1) is 11.1 Å². The van der Waals surface area contributed by atoms with Gasteiger partial charge in [0.1, 0.15) is 0 Å². The molecule has 12 heavy (non-hydrogen) atoms. The van der Waals surface area contributed by atoms with E-state index in [1.165, 1.54) is 5.81 Å². The fraction of sp³-hybridized carbons (Fsp3) is 0.833. The third-order valence-electron chi connectivity index (χ3n) is 0.721. The van der Waals surface area contributed by atoms with Crippen LogP contribution in [0.15, 0.2) is 0 Å². The van der Waals surface area contributed by atoms with Crippen LogP contribution < -0.4 is 0 Å². The summed E-state index contributed by atoms with van der Waals surface area (Å²) in [5.41, 5.74) is 0. The van der Waals surface area contributed by atoms with Gasteiger partial charge in [-0.05, 0) is 13.8 Å². The van der Waals surface area contributed by atoms with Crippen molar-refractivity contribution in [1.82, 2.24) is 0 Å². The standard InChI is InChI=1S/C5H10NO3P.CH4O/c1-3-8-10(7,5-6)9-4-2;1-2/h3-4H2,1-2H3;2H,1H3. The number of nitrogens with zero attached hydrogens (tertiary/aromatic N) is 1. The van der Waals surface area contributed by atoms with Crippen LogP contribution in [0.25, 0.3) is 0 Å². The normalized spacial score (nSPS) is 9.58. The van der Waals surface area contributed by atoms with E-state index in [1.54, 1.807) is 13.8 Å². The predicted molar refractivity (Wildman–Crippen MR) is 44.6 cm³/mol. The Kier molecular flexibility index (Phi) is 10.2. The highest BCUT2D eigenvalue weighted by atomic mass is 31.2. The second-order valence-electron chi connectivity index (χ2n) is 1.43. The quantitative estimate of drug-likeness (QED) is 0.684. The molecule has 0 aliphatic rings. The molecule has 0 atom stereocenters. The summed E-state index contributed by atoms with van der Waals surface area (Å²) in [4.78, 5) is 0. The molecule has 0 aliphatic heterocycles. The molecule has 0 rings (SSSR count). The van der Waals surface area contributed by atoms with Gasteiger partial charge in [0, 0.05) is 7.11 Å². The average Bonchev–Trinajstić information content (AvgIpc) is 2.09. The maximum atomic E-state index is 11.0. The molecule has 0 spiro atoms. The van der Waals surface area contributed by atoms with Crippen LogP contribution in [0.1, 0.15) is 13.8 Å². The number of hydrogen-bond donors (Lipinski definition) is 1. The van der Waals surface area contributed by atoms with Crippen molar-refractivity contribution in [2.24, 2.45) is 0 Å². The molecule has 72 valence electrons. The van der Waals surface area contributed by atoms with E-state index in [0.29, 0.717) is 0 Å². The molecule has 6 heteroatoms. The van der Waals surface area contributed by atoms with Gasteiger partial charge in [-0.1, -0.05) is 0 Å². The second-order valence-corrected chi connectivity index (χ2v) is 3.14. The van der Waals surface area contributed by atoms with Crippen LogP contribution in [-0.2, 0) is 13.6 Å². The van der Waals surface area contributed by atoms with Gasteiger partial charge in [0.2, 0.25) is 0 Å². The van der Waals surface area contributed by atoms with Crippen LogP contribution in [-0.4, -0.2) is 25.4 Å². The lowest BCUT2D eigenvalue weighted by Gasteiger charge is -2.06. The molecule has 5 nitrogen and oxygen atoms in total. The molecule has 0 radical (unpaired) electrons. The van der Waals surface area contributed by atoms with Gasteiger partial charge in [-0.15, -0.1) is 0 Å². The first kappa shape index (κ1) is 14.1. The highest BCUT2D eigenvalue weighted by Crippen LogP contribution is 2.46. The molecule has 0 aliphatic carbocycles. The summed E-state index contributed by atoms with van der Waals surface area (Å²) in [7, 11) is -2.39. The van der Waals surface area contributed by atoms with Crippen LogP contribution in [0.2, 0.25) is 0 Å². The van der Waals surface area contributed by atoms with Gasteiger partial charge in [0.05, 0.1) is 13.2 Å². The number of rotatable bonds is 4. The van der Waals surface area contributed by atoms with E-state index in [-0.39, 0.29) is 13.2 Å². The first-order valence-electron chi connectivity index (χ1n) is 3.43. The van der Waals surface area contributed by atoms with Crippen LogP contribution in [0.4, 0.5) is 0 Å². The summed E-state index contributed by atoms with van der Waals surface area (Å²) < 4.78 is 20.2. The minimum atomic E-state index is -3.39. The lowest BCUT2D eigenvalue weighted by molar-refractivity contribution is 0.230. The molecule has 0 aromatic rings. The Morgan fingerprint density at radius 1 is 1.33 bits per heavy atom. The Morgan fingerprint density at radius 2 is 1.67 bits per heavy atom. The topological polar surface area (TPSA) is 79.6 Å². The van der Waals surface area contributed by atoms with Gasteiger partial charge in [-0.25, -0.2) is 4.57 Å². The zero-order chi connectivity index (χ0) is 10.0. The van der Waals surface area contributed by atoms with Gasteiger partial charge < -0.3 is 5.11 Å². The number of hydrogen-bond acceptors (Lipinski definition) is 5. The summed E-state index contributed by atoms with van der Waals surface area (Å²) in [6.45, 7) is 3.77. The average molecular weight is 195 g/mol. The fourth-order valence-corrected chi connectivity index (χ4v) is 1.30. The fourth-order valence-electron chi connectivity index (χ4n) is 0.435. The van der Waals surface area contributed by atoms with Crippen LogP contribution in [0.5, 0.6) is 0 Å². The SMILES string of the molecule is CCOP(=O)(C#N)OCC.CO. The van der Waals surface area contributed by atoms with Crippen molar-refractivity contribution in [2.45, 2.75) is 13.8 Å². The molecule has 0 unspecified atom stereocenters. The Hall–Kier alpha value is -0.400. The predicted octanol–water partition coefficient (Wildman–Crippen LogP) is 1.34. The Bertz CT molecular complexity index is 167. The Morgan fingerprint density at radius 3 is 1.83 bits per heavy atom. The smallest absolute Gasteiger partial charge is 0.400 e. The summed E-state index contributed by atoms with van der Waals surface area (Å²) in [5.74, 6) is 1.49. The summed E-state index contributed by atoms with van der Waals surface area (Å²) >= 11 is 0. The van der Waals surface area contributed by atoms with E-state index in [4.69, 9.17) is 10.4 Å². The molecule has 0 amide bonds. The van der Waals surface area contributed by atoms with Crippen molar-refractivity contribution >= 4 is 7.60 Å². The van der Waals surface area contributed by atoms with E-state index in [2.05, 4.69) is 9.05 Å². The molecule has 0 aromatic heterocycles. The van der Waals surface area contributed by atoms with Gasteiger partial charge >= 0.3 is 7.60 Å². The van der Waals surface area contributed by atoms with Crippen molar-refractivity contribution in [3.8, 4) is 5.81 Å². The monoisotopic (exact) mass is 195 g/mol. The third-order valence-corrected chi connectivity index (χ3v) is 2.16. The van der Waals surface area contributed by atoms with E-state index in [0.717, 1.165) is 7.11 Å². The highest BCUT2D eigenvalue weighted by molar-refractivity contribution is 7.59. The van der Waals surface area contributed by atoms with Crippen LogP contribution in [0.3, 0.4) is 0 Å². The van der Waals surface area contributed by atoms with Gasteiger partial charge in [-0.3, -0.25) is 9.05 Å². The first-order valence-corrected chi connectivity index (χ1v) is 4.98. The van der Waals surface area contributed by atoms with E-state index in [9.17, 15) is 4.57 Å². The van der Waals surface area contributed by atoms with Gasteiger partial charge in [0.15, 0.2) is 5.81 Å². The molecule has 0 saturated heterocycles. The number of aliphatic hydroxyl groups excluding tert-OH is 1. The summed E-state index contributed by atoms with van der Waals surface area (Å²) in [6, 6.07) is 0. The molecule has 0 aromatic carbocycles. The third kappa shape index (κ3) is 6.32. The van der Waals surface area contributed by atoms with Crippen molar-refractivity contribution in [2.75, 3.05) is 20.3 Å². The molecule has 1 N–H and O–H groups in total. The summed E-state index contributed by atoms with van der Waals surface area (Å²) in [5, 5.41) is 15.3. The van der Waals surface area contributed by atoms with Crippen molar-refractivity contribution in [3.05, 3.63) is 0 Å². The van der Waals surface area contributed by atoms with Crippen LogP contribution >= 0.6 is 7.60 Å². The molecule has 0 bridgehead atoms. The Balaban J connectivity index is 0. The lowest BCUT2D eigenvalue weighted by atomic mass is 10.9. The molecule has 0 fully saturated rings. The molecular formula is C6H14NO4P. The minimum absolute atomic E-state index is 0.227. The minimum Gasteiger partial charge on any atom is -0.400 e. The van der Waals surface area contributed by atoms with Gasteiger partial charge in [-0.2, -0.15) is 5.26 Å². The molecule has 0 saturated carbocycles. The maximum absolute atomic E-state index is 11.0. The second kappa shape index (κ2) is 8.69. The van der Waals surface area contributed by atoms with E-state index in [1.807, 2.05) is 0 Å². The maximum Gasteiger partial charge on any atom is 0.431 e. The van der Waals surface area contributed by atoms with E-state index >= 15 is 0 Å². The number of aliphatic hydroxyl groups is 1. The number of nitriles is 1. The van der Waals surface area contributed by atoms with Crippen molar-refractivity contribution in [1.29, 1.82) is 5.26 Å².